The van der Waals surface area contributed by atoms with Crippen molar-refractivity contribution in [3.63, 3.8) is 0 Å². The molecule has 7 rings (SSSR count). The lowest BCUT2D eigenvalue weighted by molar-refractivity contribution is -0.132. The molecule has 12 nitrogen and oxygen atoms in total. The fourth-order valence-electron chi connectivity index (χ4n) is 7.51. The van der Waals surface area contributed by atoms with Crippen molar-refractivity contribution in [3.05, 3.63) is 119 Å². The van der Waals surface area contributed by atoms with Gasteiger partial charge in [-0.05, 0) is 85.3 Å². The molecule has 2 heterocycles. The predicted octanol–water partition coefficient (Wildman–Crippen LogP) is 4.19. The van der Waals surface area contributed by atoms with Crippen molar-refractivity contribution in [1.82, 2.24) is 20.4 Å². The second kappa shape index (κ2) is 13.4. The monoisotopic (exact) mass is 718 g/mol. The Hall–Kier alpha value is -5.72. The quantitative estimate of drug-likeness (QED) is 0.140. The largest absolute Gasteiger partial charge is 0.491 e. The molecule has 0 unspecified atom stereocenters. The Balaban J connectivity index is 1.12. The summed E-state index contributed by atoms with van der Waals surface area (Å²) in [4.78, 5) is 51.7. The van der Waals surface area contributed by atoms with E-state index in [0.717, 1.165) is 43.2 Å². The van der Waals surface area contributed by atoms with Crippen LogP contribution in [0.5, 0.6) is 11.5 Å². The summed E-state index contributed by atoms with van der Waals surface area (Å²) in [6.45, 7) is 5.85. The number of imide groups is 2. The van der Waals surface area contributed by atoms with Crippen molar-refractivity contribution in [2.45, 2.75) is 56.4 Å². The lowest BCUT2D eigenvalue weighted by Crippen LogP contribution is -2.42. The van der Waals surface area contributed by atoms with Gasteiger partial charge in [-0.3, -0.25) is 19.4 Å². The highest BCUT2D eigenvalue weighted by Gasteiger charge is 2.47. The summed E-state index contributed by atoms with van der Waals surface area (Å²) < 4.78 is 11.8. The fourth-order valence-corrected chi connectivity index (χ4v) is 7.51. The predicted molar refractivity (Wildman–Crippen MR) is 195 cm³/mol. The van der Waals surface area contributed by atoms with Gasteiger partial charge in [0.1, 0.15) is 48.0 Å². The minimum Gasteiger partial charge on any atom is -0.491 e. The van der Waals surface area contributed by atoms with Gasteiger partial charge in [-0.2, -0.15) is 0 Å². The van der Waals surface area contributed by atoms with Crippen molar-refractivity contribution in [2.75, 3.05) is 26.3 Å². The van der Waals surface area contributed by atoms with Crippen LogP contribution in [0, 0.1) is 0 Å². The van der Waals surface area contributed by atoms with Gasteiger partial charge in [-0.15, -0.1) is 0 Å². The molecular formula is C41H42N4O8. The summed E-state index contributed by atoms with van der Waals surface area (Å²) in [6, 6.07) is 30.9. The van der Waals surface area contributed by atoms with Crippen molar-refractivity contribution < 1.29 is 38.9 Å². The second-order valence-corrected chi connectivity index (χ2v) is 14.8. The van der Waals surface area contributed by atoms with Gasteiger partial charge in [0.25, 0.3) is 11.8 Å². The molecule has 4 N–H and O–H groups in total. The standard InChI is InChI=1S/C41H42N4O8/c1-39(2)35(48)44(37(50)42-39)21-27(46)23-52-29-17-13-25(14-18-29)41(33-11-7-5-9-31(33)32-10-6-8-12-34(32)41)26-15-19-30(20-16-26)53-24-28(47)22-45-36(49)40(3,4)43-38(45)51/h5-20,27-28,46-47H,21-24H2,1-4H3,(H,42,50)(H,43,51)/t27-,28-/m1/s1. The summed E-state index contributed by atoms with van der Waals surface area (Å²) in [5, 5.41) is 26.5. The SMILES string of the molecule is CC1(C)NC(=O)N(C[C@@H](O)COc2ccc(C3(c4ccc(OC[C@H](O)CN5C(=O)NC(C)(C)C5=O)cc4)c4ccccc4-c4ccccc43)cc2)C1=O. The number of aliphatic hydroxyl groups is 2. The molecule has 0 spiro atoms. The molecule has 0 saturated carbocycles. The van der Waals surface area contributed by atoms with Crippen LogP contribution in [0.4, 0.5) is 9.59 Å². The number of hydrogen-bond donors (Lipinski definition) is 4. The summed E-state index contributed by atoms with van der Waals surface area (Å²) >= 11 is 0. The normalized spacial score (nSPS) is 19.0. The molecule has 1 aliphatic carbocycles. The Morgan fingerprint density at radius 2 is 0.925 bits per heavy atom. The average molecular weight is 719 g/mol. The van der Waals surface area contributed by atoms with E-state index in [0.29, 0.717) is 11.5 Å². The number of amides is 6. The van der Waals surface area contributed by atoms with Gasteiger partial charge >= 0.3 is 12.1 Å². The van der Waals surface area contributed by atoms with Crippen molar-refractivity contribution in [3.8, 4) is 22.6 Å². The first kappa shape index (κ1) is 35.7. The number of hydrogen-bond acceptors (Lipinski definition) is 8. The number of β-amino-alcohol motifs (C(OH)–C–C–N with tert-alkyl or cyclic N) is 2. The second-order valence-electron chi connectivity index (χ2n) is 14.8. The first-order valence-electron chi connectivity index (χ1n) is 17.5. The zero-order chi connectivity index (χ0) is 37.7. The molecule has 12 heteroatoms. The molecule has 2 atom stereocenters. The van der Waals surface area contributed by atoms with E-state index in [1.165, 1.54) is 0 Å². The van der Waals surface area contributed by atoms with Crippen LogP contribution in [0.2, 0.25) is 0 Å². The molecular weight excluding hydrogens is 676 g/mol. The molecule has 2 fully saturated rings. The van der Waals surface area contributed by atoms with Crippen molar-refractivity contribution in [2.24, 2.45) is 0 Å². The van der Waals surface area contributed by atoms with E-state index in [1.807, 2.05) is 72.8 Å². The van der Waals surface area contributed by atoms with Gasteiger partial charge in [0.05, 0.1) is 18.5 Å². The lowest BCUT2D eigenvalue weighted by Gasteiger charge is -2.34. The molecule has 53 heavy (non-hydrogen) atoms. The van der Waals surface area contributed by atoms with Crippen LogP contribution >= 0.6 is 0 Å². The van der Waals surface area contributed by atoms with Crippen LogP contribution in [0.1, 0.15) is 49.9 Å². The van der Waals surface area contributed by atoms with E-state index in [4.69, 9.17) is 9.47 Å². The van der Waals surface area contributed by atoms with Crippen LogP contribution in [0.25, 0.3) is 11.1 Å². The minimum absolute atomic E-state index is 0.122. The van der Waals surface area contributed by atoms with Crippen molar-refractivity contribution in [1.29, 1.82) is 0 Å². The number of urea groups is 2. The van der Waals surface area contributed by atoms with Gasteiger partial charge in [0, 0.05) is 0 Å². The Bertz CT molecular complexity index is 1930. The number of nitrogens with zero attached hydrogens (tertiary/aromatic N) is 2. The third kappa shape index (κ3) is 6.27. The summed E-state index contributed by atoms with van der Waals surface area (Å²) in [6.07, 6.45) is -2.18. The third-order valence-corrected chi connectivity index (χ3v) is 10.1. The third-order valence-electron chi connectivity index (χ3n) is 10.1. The molecule has 0 aromatic heterocycles. The summed E-state index contributed by atoms with van der Waals surface area (Å²) in [5.74, 6) is 0.221. The Morgan fingerprint density at radius 3 is 1.26 bits per heavy atom. The first-order chi connectivity index (χ1) is 25.2. The van der Waals surface area contributed by atoms with Gasteiger partial charge in [-0.1, -0.05) is 72.8 Å². The zero-order valence-electron chi connectivity index (χ0n) is 30.0. The molecule has 4 aromatic rings. The summed E-state index contributed by atoms with van der Waals surface area (Å²) in [7, 11) is 0. The number of ether oxygens (including phenoxy) is 2. The fraction of sp³-hybridized carbons (Fsp3) is 0.317. The van der Waals surface area contributed by atoms with E-state index in [1.54, 1.807) is 27.7 Å². The molecule has 2 saturated heterocycles. The Labute approximate surface area is 307 Å². The molecule has 2 aliphatic heterocycles. The van der Waals surface area contributed by atoms with E-state index < -0.39 is 52.6 Å². The van der Waals surface area contributed by atoms with Crippen molar-refractivity contribution >= 4 is 23.9 Å². The van der Waals surface area contributed by atoms with E-state index >= 15 is 0 Å². The highest BCUT2D eigenvalue weighted by atomic mass is 16.5. The number of fused-ring (bicyclic) bond motifs is 3. The molecule has 4 aromatic carbocycles. The van der Waals surface area contributed by atoms with Crippen LogP contribution in [-0.4, -0.2) is 93.5 Å². The maximum absolute atomic E-state index is 12.6. The first-order valence-corrected chi connectivity index (χ1v) is 17.5. The highest BCUT2D eigenvalue weighted by molar-refractivity contribution is 6.07. The number of benzene rings is 4. The number of nitrogens with one attached hydrogen (secondary N) is 2. The number of aliphatic hydroxyl groups excluding tert-OH is 2. The van der Waals surface area contributed by atoms with E-state index in [2.05, 4.69) is 34.9 Å². The van der Waals surface area contributed by atoms with Crippen LogP contribution < -0.4 is 20.1 Å². The smallest absolute Gasteiger partial charge is 0.325 e. The van der Waals surface area contributed by atoms with Crippen LogP contribution in [-0.2, 0) is 15.0 Å². The molecule has 3 aliphatic rings. The minimum atomic E-state index is -1.09. The van der Waals surface area contributed by atoms with Crippen LogP contribution in [0.3, 0.4) is 0 Å². The molecule has 0 radical (unpaired) electrons. The summed E-state index contributed by atoms with van der Waals surface area (Å²) in [5.41, 5.74) is 3.62. The number of rotatable bonds is 12. The number of carbonyl (C=O) groups is 4. The van der Waals surface area contributed by atoms with Gasteiger partial charge in [0.2, 0.25) is 0 Å². The van der Waals surface area contributed by atoms with Gasteiger partial charge < -0.3 is 30.3 Å². The van der Waals surface area contributed by atoms with Gasteiger partial charge in [0.15, 0.2) is 0 Å². The zero-order valence-corrected chi connectivity index (χ0v) is 30.0. The highest BCUT2D eigenvalue weighted by Crippen LogP contribution is 2.56. The maximum Gasteiger partial charge on any atom is 0.325 e. The topological polar surface area (TPSA) is 158 Å². The molecule has 274 valence electrons. The van der Waals surface area contributed by atoms with Gasteiger partial charge in [-0.25, -0.2) is 9.59 Å². The lowest BCUT2D eigenvalue weighted by atomic mass is 9.68. The van der Waals surface area contributed by atoms with E-state index in [-0.39, 0.29) is 26.3 Å². The maximum atomic E-state index is 12.6. The van der Waals surface area contributed by atoms with Crippen LogP contribution in [0.15, 0.2) is 97.1 Å². The average Bonchev–Trinajstić information content (AvgIpc) is 3.62. The Kier molecular flexibility index (Phi) is 8.99. The molecule has 0 bridgehead atoms. The number of carbonyl (C=O) groups excluding carboxylic acids is 4. The molecule has 6 amide bonds. The Morgan fingerprint density at radius 1 is 0.566 bits per heavy atom. The van der Waals surface area contributed by atoms with E-state index in [9.17, 15) is 29.4 Å².